The maximum absolute atomic E-state index is 11.6. The maximum atomic E-state index is 11.6. The summed E-state index contributed by atoms with van der Waals surface area (Å²) in [6.07, 6.45) is 0. The monoisotopic (exact) mass is 210 g/mol. The minimum absolute atomic E-state index is 0.0565. The highest BCUT2D eigenvalue weighted by Crippen LogP contribution is 2.10. The molecule has 4 heteroatoms. The number of carbonyl (C=O) groups is 1. The fourth-order valence-corrected chi connectivity index (χ4v) is 1.48. The van der Waals surface area contributed by atoms with Crippen LogP contribution in [0.25, 0.3) is 0 Å². The molecule has 2 rings (SSSR count). The van der Waals surface area contributed by atoms with Crippen LogP contribution in [0, 0.1) is 0 Å². The van der Waals surface area contributed by atoms with Crippen molar-refractivity contribution in [2.75, 3.05) is 13.1 Å². The van der Waals surface area contributed by atoms with Gasteiger partial charge < -0.3 is 10.6 Å². The molecule has 2 N–H and O–H groups in total. The van der Waals surface area contributed by atoms with Gasteiger partial charge in [0, 0.05) is 23.7 Å². The molecule has 0 radical (unpaired) electrons. The third kappa shape index (κ3) is 2.05. The van der Waals surface area contributed by atoms with Crippen molar-refractivity contribution in [1.82, 2.24) is 10.6 Å². The van der Waals surface area contributed by atoms with E-state index in [2.05, 4.69) is 10.6 Å². The van der Waals surface area contributed by atoms with Gasteiger partial charge in [0.2, 0.25) is 0 Å². The van der Waals surface area contributed by atoms with E-state index in [1.54, 1.807) is 24.3 Å². The van der Waals surface area contributed by atoms with Crippen LogP contribution in [0.5, 0.6) is 0 Å². The lowest BCUT2D eigenvalue weighted by Crippen LogP contribution is -2.56. The van der Waals surface area contributed by atoms with Crippen molar-refractivity contribution in [3.8, 4) is 0 Å². The van der Waals surface area contributed by atoms with E-state index in [1.807, 2.05) is 0 Å². The van der Waals surface area contributed by atoms with Crippen molar-refractivity contribution in [2.45, 2.75) is 6.04 Å². The highest BCUT2D eigenvalue weighted by Gasteiger charge is 2.19. The lowest BCUT2D eigenvalue weighted by atomic mass is 10.1. The van der Waals surface area contributed by atoms with Crippen molar-refractivity contribution in [1.29, 1.82) is 0 Å². The Kier molecular flexibility index (Phi) is 2.70. The average Bonchev–Trinajstić information content (AvgIpc) is 2.11. The molecule has 3 nitrogen and oxygen atoms in total. The lowest BCUT2D eigenvalue weighted by molar-refractivity contribution is 0.0924. The van der Waals surface area contributed by atoms with Crippen molar-refractivity contribution < 1.29 is 4.79 Å². The van der Waals surface area contributed by atoms with E-state index < -0.39 is 0 Å². The zero-order chi connectivity index (χ0) is 9.97. The van der Waals surface area contributed by atoms with Crippen LogP contribution in [-0.2, 0) is 0 Å². The van der Waals surface area contributed by atoms with Gasteiger partial charge in [-0.15, -0.1) is 0 Å². The quantitative estimate of drug-likeness (QED) is 0.766. The van der Waals surface area contributed by atoms with Crippen LogP contribution in [-0.4, -0.2) is 25.0 Å². The van der Waals surface area contributed by atoms with Gasteiger partial charge in [0.25, 0.3) is 5.91 Å². The summed E-state index contributed by atoms with van der Waals surface area (Å²) >= 11 is 5.78. The molecule has 14 heavy (non-hydrogen) atoms. The normalized spacial score (nSPS) is 16.1. The summed E-state index contributed by atoms with van der Waals surface area (Å²) in [5.74, 6) is -0.0565. The molecular formula is C10H11ClN2O. The van der Waals surface area contributed by atoms with Crippen LogP contribution in [0.1, 0.15) is 10.4 Å². The summed E-state index contributed by atoms with van der Waals surface area (Å²) in [6.45, 7) is 1.71. The highest BCUT2D eigenvalue weighted by atomic mass is 35.5. The summed E-state index contributed by atoms with van der Waals surface area (Å²) < 4.78 is 0. The smallest absolute Gasteiger partial charge is 0.251 e. The molecule has 0 saturated carbocycles. The minimum atomic E-state index is -0.0565. The fraction of sp³-hybridized carbons (Fsp3) is 0.300. The first-order valence-corrected chi connectivity index (χ1v) is 4.90. The number of nitrogens with one attached hydrogen (secondary N) is 2. The van der Waals surface area contributed by atoms with E-state index >= 15 is 0 Å². The molecule has 1 aliphatic heterocycles. The molecule has 0 atom stereocenters. The molecule has 0 aromatic heterocycles. The van der Waals surface area contributed by atoms with Crippen LogP contribution in [0.15, 0.2) is 24.3 Å². The Morgan fingerprint density at radius 2 is 2.29 bits per heavy atom. The number of hydrogen-bond acceptors (Lipinski definition) is 2. The molecule has 1 aromatic rings. The van der Waals surface area contributed by atoms with Gasteiger partial charge in [0.15, 0.2) is 0 Å². The summed E-state index contributed by atoms with van der Waals surface area (Å²) in [7, 11) is 0. The molecule has 74 valence electrons. The largest absolute Gasteiger partial charge is 0.347 e. The molecule has 1 aromatic carbocycles. The Morgan fingerprint density at radius 1 is 1.50 bits per heavy atom. The van der Waals surface area contributed by atoms with Gasteiger partial charge in [-0.05, 0) is 18.2 Å². The van der Waals surface area contributed by atoms with Gasteiger partial charge in [-0.3, -0.25) is 4.79 Å². The molecule has 0 spiro atoms. The number of benzene rings is 1. The van der Waals surface area contributed by atoms with Gasteiger partial charge >= 0.3 is 0 Å². The van der Waals surface area contributed by atoms with Crippen molar-refractivity contribution in [3.05, 3.63) is 34.9 Å². The molecule has 0 aliphatic carbocycles. The van der Waals surface area contributed by atoms with Crippen LogP contribution < -0.4 is 10.6 Å². The molecule has 1 fully saturated rings. The standard InChI is InChI=1S/C10H11ClN2O/c11-8-3-1-2-7(4-8)10(14)13-9-5-12-6-9/h1-4,9,12H,5-6H2,(H,13,14). The third-order valence-corrected chi connectivity index (χ3v) is 2.44. The number of carbonyl (C=O) groups excluding carboxylic acids is 1. The zero-order valence-corrected chi connectivity index (χ0v) is 8.34. The van der Waals surface area contributed by atoms with Gasteiger partial charge in [-0.1, -0.05) is 17.7 Å². The number of rotatable bonds is 2. The zero-order valence-electron chi connectivity index (χ0n) is 7.59. The Balaban J connectivity index is 2.02. The Bertz CT molecular complexity index is 350. The van der Waals surface area contributed by atoms with E-state index in [1.165, 1.54) is 0 Å². The molecule has 1 aliphatic rings. The van der Waals surface area contributed by atoms with Gasteiger partial charge in [-0.25, -0.2) is 0 Å². The summed E-state index contributed by atoms with van der Waals surface area (Å²) in [5.41, 5.74) is 0.615. The van der Waals surface area contributed by atoms with E-state index in [9.17, 15) is 4.79 Å². The molecule has 1 heterocycles. The van der Waals surface area contributed by atoms with E-state index in [-0.39, 0.29) is 11.9 Å². The van der Waals surface area contributed by atoms with Crippen LogP contribution in [0.2, 0.25) is 5.02 Å². The van der Waals surface area contributed by atoms with Gasteiger partial charge in [0.1, 0.15) is 0 Å². The van der Waals surface area contributed by atoms with Crippen molar-refractivity contribution >= 4 is 17.5 Å². The minimum Gasteiger partial charge on any atom is -0.347 e. The average molecular weight is 211 g/mol. The maximum Gasteiger partial charge on any atom is 0.251 e. The van der Waals surface area contributed by atoms with E-state index in [0.717, 1.165) is 13.1 Å². The highest BCUT2D eigenvalue weighted by molar-refractivity contribution is 6.30. The van der Waals surface area contributed by atoms with E-state index in [0.29, 0.717) is 10.6 Å². The lowest BCUT2D eigenvalue weighted by Gasteiger charge is -2.27. The molecule has 0 bridgehead atoms. The summed E-state index contributed by atoms with van der Waals surface area (Å²) in [6, 6.07) is 7.22. The Labute approximate surface area is 87.4 Å². The van der Waals surface area contributed by atoms with Crippen molar-refractivity contribution in [2.24, 2.45) is 0 Å². The predicted octanol–water partition coefficient (Wildman–Crippen LogP) is 1.04. The Morgan fingerprint density at radius 3 is 2.86 bits per heavy atom. The van der Waals surface area contributed by atoms with E-state index in [4.69, 9.17) is 11.6 Å². The first-order chi connectivity index (χ1) is 6.75. The predicted molar refractivity (Wildman–Crippen MR) is 55.6 cm³/mol. The topological polar surface area (TPSA) is 41.1 Å². The molecule has 1 amide bonds. The van der Waals surface area contributed by atoms with Crippen LogP contribution in [0.3, 0.4) is 0 Å². The molecule has 0 unspecified atom stereocenters. The SMILES string of the molecule is O=C(NC1CNC1)c1cccc(Cl)c1. The first kappa shape index (κ1) is 9.49. The van der Waals surface area contributed by atoms with Gasteiger partial charge in [-0.2, -0.15) is 0 Å². The fourth-order valence-electron chi connectivity index (χ4n) is 1.29. The second-order valence-corrected chi connectivity index (χ2v) is 3.78. The second-order valence-electron chi connectivity index (χ2n) is 3.34. The second kappa shape index (κ2) is 3.98. The van der Waals surface area contributed by atoms with Gasteiger partial charge in [0.05, 0.1) is 6.04 Å². The number of hydrogen-bond donors (Lipinski definition) is 2. The summed E-state index contributed by atoms with van der Waals surface area (Å²) in [5, 5.41) is 6.58. The molecule has 1 saturated heterocycles. The van der Waals surface area contributed by atoms with Crippen LogP contribution in [0.4, 0.5) is 0 Å². The summed E-state index contributed by atoms with van der Waals surface area (Å²) in [4.78, 5) is 11.6. The third-order valence-electron chi connectivity index (χ3n) is 2.20. The van der Waals surface area contributed by atoms with Crippen LogP contribution >= 0.6 is 11.6 Å². The molecular weight excluding hydrogens is 200 g/mol. The number of amides is 1. The Hall–Kier alpha value is -1.06. The number of halogens is 1. The van der Waals surface area contributed by atoms with Crippen molar-refractivity contribution in [3.63, 3.8) is 0 Å². The first-order valence-electron chi connectivity index (χ1n) is 4.53.